The molecule has 150 valence electrons. The molecule has 0 aliphatic carbocycles. The Morgan fingerprint density at radius 2 is 1.89 bits per heavy atom. The van der Waals surface area contributed by atoms with Gasteiger partial charge >= 0.3 is 17.6 Å². The van der Waals surface area contributed by atoms with Crippen LogP contribution in [-0.2, 0) is 23.8 Å². The van der Waals surface area contributed by atoms with E-state index in [0.29, 0.717) is 0 Å². The number of carbonyl (C=O) groups is 2. The minimum Gasteiger partial charge on any atom is -0.463 e. The molecule has 1 saturated heterocycles. The van der Waals surface area contributed by atoms with Crippen LogP contribution in [0.5, 0.6) is 0 Å². The van der Waals surface area contributed by atoms with Crippen LogP contribution in [0.15, 0.2) is 17.1 Å². The summed E-state index contributed by atoms with van der Waals surface area (Å²) in [5.41, 5.74) is 4.96. The smallest absolute Gasteiger partial charge is 0.351 e. The Bertz CT molecular complexity index is 745. The van der Waals surface area contributed by atoms with E-state index >= 15 is 0 Å². The SMILES string of the molecule is CC(C)C(=O)OCC1OC(n2ccc(N)nc2=O)C(C)C1OC(=O)C(C)C. The lowest BCUT2D eigenvalue weighted by Gasteiger charge is -2.22. The zero-order valence-corrected chi connectivity index (χ0v) is 16.2. The lowest BCUT2D eigenvalue weighted by atomic mass is 10.0. The van der Waals surface area contributed by atoms with Crippen LogP contribution in [0.2, 0.25) is 0 Å². The Morgan fingerprint density at radius 3 is 2.44 bits per heavy atom. The van der Waals surface area contributed by atoms with Gasteiger partial charge in [-0.05, 0) is 6.07 Å². The van der Waals surface area contributed by atoms with Gasteiger partial charge in [-0.2, -0.15) is 4.98 Å². The van der Waals surface area contributed by atoms with Gasteiger partial charge in [-0.1, -0.05) is 34.6 Å². The number of nitrogens with two attached hydrogens (primary N) is 1. The molecule has 4 unspecified atom stereocenters. The molecule has 2 heterocycles. The third kappa shape index (κ3) is 4.85. The molecular weight excluding hydrogens is 354 g/mol. The van der Waals surface area contributed by atoms with Crippen LogP contribution in [0, 0.1) is 17.8 Å². The molecular formula is C18H27N3O6. The summed E-state index contributed by atoms with van der Waals surface area (Å²) in [6.45, 7) is 8.62. The van der Waals surface area contributed by atoms with Crippen molar-refractivity contribution in [2.75, 3.05) is 12.3 Å². The van der Waals surface area contributed by atoms with Gasteiger partial charge in [0.1, 0.15) is 30.9 Å². The Labute approximate surface area is 157 Å². The zero-order chi connectivity index (χ0) is 20.3. The fourth-order valence-corrected chi connectivity index (χ4v) is 2.74. The second kappa shape index (κ2) is 8.51. The predicted molar refractivity (Wildman–Crippen MR) is 96.5 cm³/mol. The summed E-state index contributed by atoms with van der Waals surface area (Å²) in [6, 6.07) is 1.48. The Hall–Kier alpha value is -2.42. The number of carbonyl (C=O) groups excluding carboxylic acids is 2. The minimum absolute atomic E-state index is 0.0783. The lowest BCUT2D eigenvalue weighted by molar-refractivity contribution is -0.162. The molecule has 0 bridgehead atoms. The van der Waals surface area contributed by atoms with E-state index in [9.17, 15) is 14.4 Å². The summed E-state index contributed by atoms with van der Waals surface area (Å²) in [6.07, 6.45) is -0.608. The van der Waals surface area contributed by atoms with Gasteiger partial charge in [0.15, 0.2) is 0 Å². The lowest BCUT2D eigenvalue weighted by Crippen LogP contribution is -2.36. The van der Waals surface area contributed by atoms with E-state index in [0.717, 1.165) is 0 Å². The maximum atomic E-state index is 12.2. The van der Waals surface area contributed by atoms with Gasteiger partial charge in [0.05, 0.1) is 11.8 Å². The summed E-state index contributed by atoms with van der Waals surface area (Å²) in [5.74, 6) is -1.64. The average molecular weight is 381 g/mol. The van der Waals surface area contributed by atoms with Crippen LogP contribution in [0.1, 0.15) is 40.8 Å². The van der Waals surface area contributed by atoms with Crippen LogP contribution in [0.3, 0.4) is 0 Å². The normalized spacial score (nSPS) is 25.0. The van der Waals surface area contributed by atoms with Crippen molar-refractivity contribution in [2.45, 2.75) is 53.1 Å². The molecule has 0 saturated carbocycles. The molecule has 27 heavy (non-hydrogen) atoms. The summed E-state index contributed by atoms with van der Waals surface area (Å²) in [5, 5.41) is 0. The molecule has 9 heteroatoms. The first-order valence-electron chi connectivity index (χ1n) is 8.99. The first-order chi connectivity index (χ1) is 12.6. The van der Waals surface area contributed by atoms with Gasteiger partial charge < -0.3 is 19.9 Å². The molecule has 1 fully saturated rings. The molecule has 2 N–H and O–H groups in total. The highest BCUT2D eigenvalue weighted by Crippen LogP contribution is 2.36. The Morgan fingerprint density at radius 1 is 1.26 bits per heavy atom. The van der Waals surface area contributed by atoms with Crippen molar-refractivity contribution in [1.82, 2.24) is 9.55 Å². The van der Waals surface area contributed by atoms with E-state index in [1.165, 1.54) is 16.8 Å². The molecule has 1 aliphatic heterocycles. The zero-order valence-electron chi connectivity index (χ0n) is 16.2. The highest BCUT2D eigenvalue weighted by atomic mass is 16.6. The number of hydrogen-bond acceptors (Lipinski definition) is 8. The molecule has 9 nitrogen and oxygen atoms in total. The second-order valence-electron chi connectivity index (χ2n) is 7.31. The van der Waals surface area contributed by atoms with E-state index < -0.39 is 24.1 Å². The molecule has 4 atom stereocenters. The monoisotopic (exact) mass is 381 g/mol. The highest BCUT2D eigenvalue weighted by Gasteiger charge is 2.46. The summed E-state index contributed by atoms with van der Waals surface area (Å²) in [4.78, 5) is 39.8. The van der Waals surface area contributed by atoms with Crippen LogP contribution in [0.4, 0.5) is 5.82 Å². The number of anilines is 1. The number of nitrogens with zero attached hydrogens (tertiary/aromatic N) is 2. The van der Waals surface area contributed by atoms with Crippen LogP contribution in [0.25, 0.3) is 0 Å². The molecule has 0 amide bonds. The molecule has 1 aromatic rings. The van der Waals surface area contributed by atoms with E-state index in [1.807, 2.05) is 0 Å². The van der Waals surface area contributed by atoms with Crippen molar-refractivity contribution in [2.24, 2.45) is 17.8 Å². The van der Waals surface area contributed by atoms with E-state index in [2.05, 4.69) is 4.98 Å². The maximum Gasteiger partial charge on any atom is 0.351 e. The molecule has 0 aromatic carbocycles. The van der Waals surface area contributed by atoms with Crippen LogP contribution < -0.4 is 11.4 Å². The van der Waals surface area contributed by atoms with Crippen molar-refractivity contribution in [3.05, 3.63) is 22.7 Å². The van der Waals surface area contributed by atoms with Gasteiger partial charge in [0, 0.05) is 12.1 Å². The quantitative estimate of drug-likeness (QED) is 0.728. The Balaban J connectivity index is 2.24. The first kappa shape index (κ1) is 20.9. The minimum atomic E-state index is -0.724. The van der Waals surface area contributed by atoms with E-state index in [1.54, 1.807) is 34.6 Å². The standard InChI is InChI=1S/C18H27N3O6/c1-9(2)16(22)25-8-12-14(27-17(23)10(3)4)11(5)15(26-12)21-7-6-13(19)20-18(21)24/h6-7,9-12,14-15H,8H2,1-5H3,(H2,19,20,24). The average Bonchev–Trinajstić information content (AvgIpc) is 2.88. The van der Waals surface area contributed by atoms with Gasteiger partial charge in [0.2, 0.25) is 0 Å². The number of esters is 2. The van der Waals surface area contributed by atoms with E-state index in [4.69, 9.17) is 19.9 Å². The number of ether oxygens (including phenoxy) is 3. The highest BCUT2D eigenvalue weighted by molar-refractivity contribution is 5.72. The number of hydrogen-bond donors (Lipinski definition) is 1. The molecule has 0 radical (unpaired) electrons. The fourth-order valence-electron chi connectivity index (χ4n) is 2.74. The first-order valence-corrected chi connectivity index (χ1v) is 8.99. The number of rotatable bonds is 6. The third-order valence-corrected chi connectivity index (χ3v) is 4.36. The van der Waals surface area contributed by atoms with Crippen molar-refractivity contribution < 1.29 is 23.8 Å². The maximum absolute atomic E-state index is 12.2. The molecule has 0 spiro atoms. The Kier molecular flexibility index (Phi) is 6.59. The topological polar surface area (TPSA) is 123 Å². The number of aromatic nitrogens is 2. The van der Waals surface area contributed by atoms with Crippen LogP contribution >= 0.6 is 0 Å². The van der Waals surface area contributed by atoms with Gasteiger partial charge in [0.25, 0.3) is 0 Å². The van der Waals surface area contributed by atoms with Gasteiger partial charge in [-0.3, -0.25) is 14.2 Å². The molecule has 1 aromatic heterocycles. The van der Waals surface area contributed by atoms with E-state index in [-0.39, 0.29) is 42.1 Å². The van der Waals surface area contributed by atoms with Gasteiger partial charge in [-0.25, -0.2) is 4.79 Å². The molecule has 1 aliphatic rings. The third-order valence-electron chi connectivity index (χ3n) is 4.36. The molecule has 2 rings (SSSR count). The predicted octanol–water partition coefficient (Wildman–Crippen LogP) is 1.13. The van der Waals surface area contributed by atoms with Crippen molar-refractivity contribution >= 4 is 17.8 Å². The summed E-state index contributed by atoms with van der Waals surface area (Å²) in [7, 11) is 0. The second-order valence-corrected chi connectivity index (χ2v) is 7.31. The fraction of sp³-hybridized carbons (Fsp3) is 0.667. The summed E-state index contributed by atoms with van der Waals surface area (Å²) < 4.78 is 18.1. The van der Waals surface area contributed by atoms with Crippen molar-refractivity contribution in [3.63, 3.8) is 0 Å². The largest absolute Gasteiger partial charge is 0.463 e. The van der Waals surface area contributed by atoms with Crippen LogP contribution in [-0.4, -0.2) is 40.3 Å². The van der Waals surface area contributed by atoms with Gasteiger partial charge in [-0.15, -0.1) is 0 Å². The summed E-state index contributed by atoms with van der Waals surface area (Å²) >= 11 is 0. The van der Waals surface area contributed by atoms with Crippen molar-refractivity contribution in [3.8, 4) is 0 Å². The van der Waals surface area contributed by atoms with Crippen molar-refractivity contribution in [1.29, 1.82) is 0 Å². The number of nitrogen functional groups attached to an aromatic ring is 1.